The van der Waals surface area contributed by atoms with Crippen molar-refractivity contribution in [3.8, 4) is 0 Å². The van der Waals surface area contributed by atoms with Crippen LogP contribution in [0.3, 0.4) is 0 Å². The van der Waals surface area contributed by atoms with Gasteiger partial charge < -0.3 is 4.98 Å². The van der Waals surface area contributed by atoms with Crippen molar-refractivity contribution in [2.24, 2.45) is 5.92 Å². The van der Waals surface area contributed by atoms with Gasteiger partial charge in [-0.25, -0.2) is 0 Å². The summed E-state index contributed by atoms with van der Waals surface area (Å²) in [5, 5.41) is 1.34. The fourth-order valence-electron chi connectivity index (χ4n) is 1.94. The molecule has 0 aliphatic carbocycles. The molecule has 80 valence electrons. The Hall–Kier alpha value is -1.24. The minimum Gasteiger partial charge on any atom is -0.359 e. The van der Waals surface area contributed by atoms with Gasteiger partial charge in [0.25, 0.3) is 0 Å². The lowest BCUT2D eigenvalue weighted by Gasteiger charge is -2.04. The Balaban J connectivity index is 2.22. The summed E-state index contributed by atoms with van der Waals surface area (Å²) in [5.74, 6) is 0.786. The molecule has 0 aliphatic rings. The SMILES string of the molecule is Cc1cc2cc(CCC(C)C)ccc2[nH]1. The summed E-state index contributed by atoms with van der Waals surface area (Å²) in [4.78, 5) is 3.35. The first-order valence-corrected chi connectivity index (χ1v) is 5.73. The molecule has 0 fully saturated rings. The van der Waals surface area contributed by atoms with Gasteiger partial charge in [0.1, 0.15) is 0 Å². The maximum atomic E-state index is 3.35. The normalized spacial score (nSPS) is 11.5. The van der Waals surface area contributed by atoms with Crippen LogP contribution in [-0.4, -0.2) is 4.98 Å². The van der Waals surface area contributed by atoms with E-state index in [0.717, 1.165) is 5.92 Å². The van der Waals surface area contributed by atoms with E-state index in [9.17, 15) is 0 Å². The van der Waals surface area contributed by atoms with Crippen LogP contribution in [0.25, 0.3) is 10.9 Å². The van der Waals surface area contributed by atoms with Gasteiger partial charge in [0.05, 0.1) is 0 Å². The van der Waals surface area contributed by atoms with Crippen LogP contribution in [0.4, 0.5) is 0 Å². The molecular formula is C14H19N. The van der Waals surface area contributed by atoms with Gasteiger partial charge in [-0.3, -0.25) is 0 Å². The second-order valence-corrected chi connectivity index (χ2v) is 4.81. The smallest absolute Gasteiger partial charge is 0.0456 e. The third-order valence-corrected chi connectivity index (χ3v) is 2.83. The van der Waals surface area contributed by atoms with E-state index in [4.69, 9.17) is 0 Å². The molecule has 0 spiro atoms. The molecule has 0 atom stereocenters. The lowest BCUT2D eigenvalue weighted by molar-refractivity contribution is 0.587. The Morgan fingerprint density at radius 2 is 2.00 bits per heavy atom. The molecule has 2 aromatic rings. The molecule has 0 amide bonds. The topological polar surface area (TPSA) is 15.8 Å². The molecule has 1 nitrogen and oxygen atoms in total. The zero-order valence-corrected chi connectivity index (χ0v) is 9.80. The number of nitrogens with one attached hydrogen (secondary N) is 1. The van der Waals surface area contributed by atoms with E-state index in [-0.39, 0.29) is 0 Å². The Kier molecular flexibility index (Phi) is 2.81. The minimum atomic E-state index is 0.786. The van der Waals surface area contributed by atoms with E-state index in [0.29, 0.717) is 0 Å². The first kappa shape index (κ1) is 10.3. The van der Waals surface area contributed by atoms with Gasteiger partial charge in [-0.15, -0.1) is 0 Å². The molecule has 0 radical (unpaired) electrons. The number of H-pyrrole nitrogens is 1. The quantitative estimate of drug-likeness (QED) is 0.770. The van der Waals surface area contributed by atoms with Crippen LogP contribution >= 0.6 is 0 Å². The maximum absolute atomic E-state index is 3.35. The van der Waals surface area contributed by atoms with Crippen molar-refractivity contribution in [2.75, 3.05) is 0 Å². The number of benzene rings is 1. The average Bonchev–Trinajstić information content (AvgIpc) is 2.53. The van der Waals surface area contributed by atoms with Crippen LogP contribution in [0, 0.1) is 12.8 Å². The first-order valence-electron chi connectivity index (χ1n) is 5.73. The summed E-state index contributed by atoms with van der Waals surface area (Å²) in [6.07, 6.45) is 2.47. The van der Waals surface area contributed by atoms with Crippen LogP contribution in [0.5, 0.6) is 0 Å². The van der Waals surface area contributed by atoms with Gasteiger partial charge in [0.2, 0.25) is 0 Å². The van der Waals surface area contributed by atoms with Gasteiger partial charge in [-0.05, 0) is 54.8 Å². The van der Waals surface area contributed by atoms with Gasteiger partial charge in [0.15, 0.2) is 0 Å². The molecule has 0 aliphatic heterocycles. The van der Waals surface area contributed by atoms with E-state index in [1.165, 1.54) is 35.0 Å². The molecular weight excluding hydrogens is 182 g/mol. The number of fused-ring (bicyclic) bond motifs is 1. The Morgan fingerprint density at radius 3 is 2.73 bits per heavy atom. The molecule has 1 aromatic heterocycles. The van der Waals surface area contributed by atoms with E-state index in [1.807, 2.05) is 0 Å². The molecule has 0 saturated heterocycles. The zero-order chi connectivity index (χ0) is 10.8. The van der Waals surface area contributed by atoms with Gasteiger partial charge in [-0.1, -0.05) is 19.9 Å². The third-order valence-electron chi connectivity index (χ3n) is 2.83. The second kappa shape index (κ2) is 4.09. The third kappa shape index (κ3) is 2.41. The van der Waals surface area contributed by atoms with Crippen molar-refractivity contribution in [3.05, 3.63) is 35.5 Å². The van der Waals surface area contributed by atoms with Gasteiger partial charge >= 0.3 is 0 Å². The fourth-order valence-corrected chi connectivity index (χ4v) is 1.94. The molecule has 2 rings (SSSR count). The van der Waals surface area contributed by atoms with E-state index in [2.05, 4.69) is 50.0 Å². The predicted molar refractivity (Wildman–Crippen MR) is 66.2 cm³/mol. The molecule has 1 aromatic carbocycles. The number of aromatic nitrogens is 1. The van der Waals surface area contributed by atoms with Crippen molar-refractivity contribution in [2.45, 2.75) is 33.6 Å². The van der Waals surface area contributed by atoms with Crippen LogP contribution < -0.4 is 0 Å². The zero-order valence-electron chi connectivity index (χ0n) is 9.80. The van der Waals surface area contributed by atoms with Gasteiger partial charge in [0, 0.05) is 11.2 Å². The molecule has 0 unspecified atom stereocenters. The van der Waals surface area contributed by atoms with E-state index >= 15 is 0 Å². The summed E-state index contributed by atoms with van der Waals surface area (Å²) in [7, 11) is 0. The van der Waals surface area contributed by atoms with Crippen molar-refractivity contribution in [1.29, 1.82) is 0 Å². The monoisotopic (exact) mass is 201 g/mol. The van der Waals surface area contributed by atoms with Gasteiger partial charge in [-0.2, -0.15) is 0 Å². The standard InChI is InChI=1S/C14H19N/c1-10(2)4-5-12-6-7-14-13(9-12)8-11(3)15-14/h6-10,15H,4-5H2,1-3H3. The molecule has 15 heavy (non-hydrogen) atoms. The second-order valence-electron chi connectivity index (χ2n) is 4.81. The number of hydrogen-bond acceptors (Lipinski definition) is 0. The van der Waals surface area contributed by atoms with Crippen LogP contribution in [-0.2, 0) is 6.42 Å². The van der Waals surface area contributed by atoms with E-state index < -0.39 is 0 Å². The highest BCUT2D eigenvalue weighted by Crippen LogP contribution is 2.18. The minimum absolute atomic E-state index is 0.786. The first-order chi connectivity index (χ1) is 7.15. The maximum Gasteiger partial charge on any atom is 0.0456 e. The summed E-state index contributed by atoms with van der Waals surface area (Å²) >= 11 is 0. The summed E-state index contributed by atoms with van der Waals surface area (Å²) in [6.45, 7) is 6.66. The number of hydrogen-bond donors (Lipinski definition) is 1. The van der Waals surface area contributed by atoms with Crippen LogP contribution in [0.1, 0.15) is 31.5 Å². The van der Waals surface area contributed by atoms with Crippen molar-refractivity contribution >= 4 is 10.9 Å². The van der Waals surface area contributed by atoms with Crippen LogP contribution in [0.15, 0.2) is 24.3 Å². The van der Waals surface area contributed by atoms with E-state index in [1.54, 1.807) is 0 Å². The molecule has 0 bridgehead atoms. The molecule has 1 heterocycles. The highest BCUT2D eigenvalue weighted by molar-refractivity contribution is 5.81. The van der Waals surface area contributed by atoms with Crippen molar-refractivity contribution in [1.82, 2.24) is 4.98 Å². The lowest BCUT2D eigenvalue weighted by atomic mass is 10.0. The Bertz CT molecular complexity index is 451. The highest BCUT2D eigenvalue weighted by Gasteiger charge is 2.00. The van der Waals surface area contributed by atoms with Crippen molar-refractivity contribution in [3.63, 3.8) is 0 Å². The summed E-state index contributed by atoms with van der Waals surface area (Å²) in [6, 6.07) is 8.95. The number of rotatable bonds is 3. The fraction of sp³-hybridized carbons (Fsp3) is 0.429. The Labute approximate surface area is 91.5 Å². The van der Waals surface area contributed by atoms with Crippen molar-refractivity contribution < 1.29 is 0 Å². The molecule has 1 heteroatoms. The lowest BCUT2D eigenvalue weighted by Crippen LogP contribution is -1.91. The number of aromatic amines is 1. The predicted octanol–water partition coefficient (Wildman–Crippen LogP) is 4.06. The molecule has 1 N–H and O–H groups in total. The highest BCUT2D eigenvalue weighted by atomic mass is 14.7. The summed E-state index contributed by atoms with van der Waals surface area (Å²) in [5.41, 5.74) is 3.95. The average molecular weight is 201 g/mol. The van der Waals surface area contributed by atoms with Crippen LogP contribution in [0.2, 0.25) is 0 Å². The number of aryl methyl sites for hydroxylation is 2. The summed E-state index contributed by atoms with van der Waals surface area (Å²) < 4.78 is 0. The Morgan fingerprint density at radius 1 is 1.20 bits per heavy atom. The largest absolute Gasteiger partial charge is 0.359 e. The molecule has 0 saturated carbocycles.